The summed E-state index contributed by atoms with van der Waals surface area (Å²) >= 11 is 0. The van der Waals surface area contributed by atoms with Crippen LogP contribution < -0.4 is 5.32 Å². The second-order valence-electron chi connectivity index (χ2n) is 7.41. The number of piperazine rings is 1. The molecule has 0 bridgehead atoms. The molecule has 6 nitrogen and oxygen atoms in total. The molecule has 1 saturated heterocycles. The molecule has 0 spiro atoms. The van der Waals surface area contributed by atoms with Gasteiger partial charge in [0.05, 0.1) is 0 Å². The lowest BCUT2D eigenvalue weighted by atomic mass is 10.1. The number of nitrogens with zero attached hydrogens (tertiary/aromatic N) is 2. The Bertz CT molecular complexity index is 648. The fourth-order valence-corrected chi connectivity index (χ4v) is 3.90. The molecule has 1 aliphatic carbocycles. The third-order valence-corrected chi connectivity index (χ3v) is 5.54. The molecule has 6 heteroatoms. The maximum atomic E-state index is 12.5. The van der Waals surface area contributed by atoms with E-state index in [0.29, 0.717) is 51.1 Å². The standard InChI is InChI=1S/C21H29N3O3/c25-19(11-6-12-22-20(26)17-7-2-1-3-8-17)23-13-15-24(16-14-23)21(27)18-9-4-5-10-18/h1-3,7-8,18H,4-6,9-16H2,(H,22,26). The maximum Gasteiger partial charge on any atom is 0.251 e. The summed E-state index contributed by atoms with van der Waals surface area (Å²) in [6.07, 6.45) is 5.41. The molecule has 0 unspecified atom stereocenters. The van der Waals surface area contributed by atoms with Crippen LogP contribution in [0.1, 0.15) is 48.9 Å². The van der Waals surface area contributed by atoms with Crippen molar-refractivity contribution in [3.8, 4) is 0 Å². The molecule has 27 heavy (non-hydrogen) atoms. The van der Waals surface area contributed by atoms with E-state index in [4.69, 9.17) is 0 Å². The van der Waals surface area contributed by atoms with Gasteiger partial charge in [-0.05, 0) is 31.4 Å². The molecule has 3 rings (SSSR count). The molecule has 3 amide bonds. The van der Waals surface area contributed by atoms with Crippen LogP contribution in [0.4, 0.5) is 0 Å². The highest BCUT2D eigenvalue weighted by atomic mass is 16.2. The minimum absolute atomic E-state index is 0.108. The average Bonchev–Trinajstić information content (AvgIpc) is 3.26. The van der Waals surface area contributed by atoms with E-state index in [0.717, 1.165) is 25.7 Å². The zero-order valence-corrected chi connectivity index (χ0v) is 15.9. The summed E-state index contributed by atoms with van der Waals surface area (Å²) in [6.45, 7) is 3.01. The highest BCUT2D eigenvalue weighted by molar-refractivity contribution is 5.94. The van der Waals surface area contributed by atoms with Gasteiger partial charge in [-0.3, -0.25) is 14.4 Å². The number of carbonyl (C=O) groups is 3. The van der Waals surface area contributed by atoms with Crippen LogP contribution in [0.25, 0.3) is 0 Å². The van der Waals surface area contributed by atoms with Crippen LogP contribution >= 0.6 is 0 Å². The van der Waals surface area contributed by atoms with Gasteiger partial charge in [-0.1, -0.05) is 31.0 Å². The quantitative estimate of drug-likeness (QED) is 0.778. The van der Waals surface area contributed by atoms with Crippen molar-refractivity contribution in [1.29, 1.82) is 0 Å². The predicted octanol–water partition coefficient (Wildman–Crippen LogP) is 2.06. The normalized spacial score (nSPS) is 17.8. The minimum atomic E-state index is -0.109. The van der Waals surface area contributed by atoms with Crippen molar-refractivity contribution < 1.29 is 14.4 Å². The van der Waals surface area contributed by atoms with E-state index >= 15 is 0 Å². The van der Waals surface area contributed by atoms with Gasteiger partial charge in [-0.15, -0.1) is 0 Å². The summed E-state index contributed by atoms with van der Waals surface area (Å²) in [4.78, 5) is 40.5. The molecule has 2 fully saturated rings. The number of amides is 3. The smallest absolute Gasteiger partial charge is 0.251 e. The molecule has 1 heterocycles. The molecular formula is C21H29N3O3. The van der Waals surface area contributed by atoms with Crippen molar-refractivity contribution in [1.82, 2.24) is 15.1 Å². The lowest BCUT2D eigenvalue weighted by Gasteiger charge is -2.36. The van der Waals surface area contributed by atoms with Crippen molar-refractivity contribution in [3.63, 3.8) is 0 Å². The summed E-state index contributed by atoms with van der Waals surface area (Å²) in [7, 11) is 0. The zero-order valence-electron chi connectivity index (χ0n) is 15.9. The van der Waals surface area contributed by atoms with Gasteiger partial charge in [-0.25, -0.2) is 0 Å². The fraction of sp³-hybridized carbons (Fsp3) is 0.571. The minimum Gasteiger partial charge on any atom is -0.352 e. The molecule has 1 N–H and O–H groups in total. The SMILES string of the molecule is O=C(NCCCC(=O)N1CCN(C(=O)C2CCCC2)CC1)c1ccccc1. The van der Waals surface area contributed by atoms with E-state index < -0.39 is 0 Å². The van der Waals surface area contributed by atoms with Crippen LogP contribution in [0.5, 0.6) is 0 Å². The fourth-order valence-electron chi connectivity index (χ4n) is 3.90. The molecule has 146 valence electrons. The first-order chi connectivity index (χ1) is 13.1. The Kier molecular flexibility index (Phi) is 6.85. The van der Waals surface area contributed by atoms with Gasteiger partial charge >= 0.3 is 0 Å². The second-order valence-corrected chi connectivity index (χ2v) is 7.41. The Morgan fingerprint density at radius 2 is 1.56 bits per heavy atom. The Morgan fingerprint density at radius 3 is 2.22 bits per heavy atom. The van der Waals surface area contributed by atoms with Gasteiger partial charge in [-0.2, -0.15) is 0 Å². The molecule has 1 saturated carbocycles. The van der Waals surface area contributed by atoms with E-state index in [1.807, 2.05) is 28.0 Å². The molecule has 1 aliphatic heterocycles. The van der Waals surface area contributed by atoms with E-state index in [2.05, 4.69) is 5.32 Å². The van der Waals surface area contributed by atoms with Gasteiger partial charge in [0.15, 0.2) is 0 Å². The van der Waals surface area contributed by atoms with E-state index in [9.17, 15) is 14.4 Å². The lowest BCUT2D eigenvalue weighted by molar-refractivity contribution is -0.142. The first kappa shape index (κ1) is 19.4. The molecule has 2 aliphatic rings. The monoisotopic (exact) mass is 371 g/mol. The third kappa shape index (κ3) is 5.31. The summed E-state index contributed by atoms with van der Waals surface area (Å²) in [5.74, 6) is 0.489. The van der Waals surface area contributed by atoms with Gasteiger partial charge < -0.3 is 15.1 Å². The molecular weight excluding hydrogens is 342 g/mol. The number of benzene rings is 1. The van der Waals surface area contributed by atoms with Crippen LogP contribution in [-0.4, -0.2) is 60.2 Å². The van der Waals surface area contributed by atoms with Crippen LogP contribution in [0.3, 0.4) is 0 Å². The Balaban J connectivity index is 1.32. The largest absolute Gasteiger partial charge is 0.352 e. The summed E-state index contributed by atoms with van der Waals surface area (Å²) < 4.78 is 0. The number of nitrogens with one attached hydrogen (secondary N) is 1. The van der Waals surface area contributed by atoms with Gasteiger partial charge in [0.1, 0.15) is 0 Å². The predicted molar refractivity (Wildman–Crippen MR) is 103 cm³/mol. The molecule has 1 aromatic rings. The number of hydrogen-bond acceptors (Lipinski definition) is 3. The summed E-state index contributed by atoms with van der Waals surface area (Å²) in [5.41, 5.74) is 0.631. The third-order valence-electron chi connectivity index (χ3n) is 5.54. The lowest BCUT2D eigenvalue weighted by Crippen LogP contribution is -2.51. The van der Waals surface area contributed by atoms with Crippen molar-refractivity contribution in [2.45, 2.75) is 38.5 Å². The first-order valence-electron chi connectivity index (χ1n) is 10.0. The number of hydrogen-bond donors (Lipinski definition) is 1. The van der Waals surface area contributed by atoms with Crippen LogP contribution in [-0.2, 0) is 9.59 Å². The number of rotatable bonds is 6. The van der Waals surface area contributed by atoms with Gasteiger partial charge in [0, 0.05) is 50.6 Å². The van der Waals surface area contributed by atoms with Crippen molar-refractivity contribution >= 4 is 17.7 Å². The van der Waals surface area contributed by atoms with Crippen LogP contribution in [0.15, 0.2) is 30.3 Å². The second kappa shape index (κ2) is 9.53. The van der Waals surface area contributed by atoms with Crippen molar-refractivity contribution in [2.24, 2.45) is 5.92 Å². The van der Waals surface area contributed by atoms with E-state index in [1.165, 1.54) is 0 Å². The highest BCUT2D eigenvalue weighted by Crippen LogP contribution is 2.26. The topological polar surface area (TPSA) is 69.7 Å². The van der Waals surface area contributed by atoms with Crippen molar-refractivity contribution in [3.05, 3.63) is 35.9 Å². The molecule has 0 atom stereocenters. The summed E-state index contributed by atoms with van der Waals surface area (Å²) in [6, 6.07) is 9.07. The van der Waals surface area contributed by atoms with Gasteiger partial charge in [0.2, 0.25) is 11.8 Å². The zero-order chi connectivity index (χ0) is 19.1. The van der Waals surface area contributed by atoms with Crippen molar-refractivity contribution in [2.75, 3.05) is 32.7 Å². The summed E-state index contributed by atoms with van der Waals surface area (Å²) in [5, 5.41) is 2.85. The Labute approximate surface area is 160 Å². The molecule has 1 aromatic carbocycles. The molecule has 0 aromatic heterocycles. The van der Waals surface area contributed by atoms with E-state index in [1.54, 1.807) is 12.1 Å². The van der Waals surface area contributed by atoms with Gasteiger partial charge in [0.25, 0.3) is 5.91 Å². The Hall–Kier alpha value is -2.37. The maximum absolute atomic E-state index is 12.5. The number of carbonyl (C=O) groups excluding carboxylic acids is 3. The first-order valence-corrected chi connectivity index (χ1v) is 10.0. The van der Waals surface area contributed by atoms with Crippen LogP contribution in [0, 0.1) is 5.92 Å². The van der Waals surface area contributed by atoms with E-state index in [-0.39, 0.29) is 23.6 Å². The Morgan fingerprint density at radius 1 is 0.926 bits per heavy atom. The molecule has 0 radical (unpaired) electrons. The van der Waals surface area contributed by atoms with Crippen LogP contribution in [0.2, 0.25) is 0 Å². The highest BCUT2D eigenvalue weighted by Gasteiger charge is 2.30. The average molecular weight is 371 g/mol.